The van der Waals surface area contributed by atoms with E-state index in [4.69, 9.17) is 4.74 Å². The fourth-order valence-corrected chi connectivity index (χ4v) is 2.01. The summed E-state index contributed by atoms with van der Waals surface area (Å²) in [5.41, 5.74) is 2.65. The molecular formula is C14H19N3O2. The molecular weight excluding hydrogens is 242 g/mol. The van der Waals surface area contributed by atoms with Gasteiger partial charge in [-0.2, -0.15) is 0 Å². The summed E-state index contributed by atoms with van der Waals surface area (Å²) in [6, 6.07) is 8.32. The van der Waals surface area contributed by atoms with Crippen molar-refractivity contribution in [2.24, 2.45) is 0 Å². The SMILES string of the molecule is CCC(NC)c1ccccc1OCc1nonc1C. The van der Waals surface area contributed by atoms with Crippen molar-refractivity contribution in [2.75, 3.05) is 7.05 Å². The molecule has 0 saturated carbocycles. The van der Waals surface area contributed by atoms with E-state index in [0.717, 1.165) is 29.1 Å². The van der Waals surface area contributed by atoms with Crippen molar-refractivity contribution >= 4 is 0 Å². The normalized spacial score (nSPS) is 12.4. The highest BCUT2D eigenvalue weighted by Gasteiger charge is 2.13. The number of rotatable bonds is 6. The van der Waals surface area contributed by atoms with Gasteiger partial charge in [0.1, 0.15) is 23.7 Å². The minimum atomic E-state index is 0.285. The van der Waals surface area contributed by atoms with Gasteiger partial charge in [-0.05, 0) is 26.5 Å². The summed E-state index contributed by atoms with van der Waals surface area (Å²) in [7, 11) is 1.96. The Kier molecular flexibility index (Phi) is 4.52. The minimum absolute atomic E-state index is 0.285. The highest BCUT2D eigenvalue weighted by molar-refractivity contribution is 5.36. The summed E-state index contributed by atoms with van der Waals surface area (Å²) in [5.74, 6) is 0.867. The van der Waals surface area contributed by atoms with Gasteiger partial charge < -0.3 is 10.1 Å². The maximum absolute atomic E-state index is 5.84. The Balaban J connectivity index is 2.14. The molecule has 0 radical (unpaired) electrons. The second-order valence-corrected chi connectivity index (χ2v) is 4.37. The summed E-state index contributed by atoms with van der Waals surface area (Å²) < 4.78 is 10.5. The first kappa shape index (κ1) is 13.5. The van der Waals surface area contributed by atoms with Crippen LogP contribution in [0.2, 0.25) is 0 Å². The molecule has 0 aliphatic rings. The van der Waals surface area contributed by atoms with Gasteiger partial charge >= 0.3 is 0 Å². The lowest BCUT2D eigenvalue weighted by Crippen LogP contribution is -2.16. The van der Waals surface area contributed by atoms with E-state index in [9.17, 15) is 0 Å². The highest BCUT2D eigenvalue weighted by atomic mass is 16.6. The summed E-state index contributed by atoms with van der Waals surface area (Å²) in [5, 5.41) is 10.8. The highest BCUT2D eigenvalue weighted by Crippen LogP contribution is 2.27. The van der Waals surface area contributed by atoms with E-state index in [-0.39, 0.29) is 6.04 Å². The average Bonchev–Trinajstić information content (AvgIpc) is 2.84. The first-order chi connectivity index (χ1) is 9.26. The molecule has 0 amide bonds. The molecule has 0 aliphatic carbocycles. The van der Waals surface area contributed by atoms with Crippen LogP contribution in [0.5, 0.6) is 5.75 Å². The van der Waals surface area contributed by atoms with Crippen molar-refractivity contribution < 1.29 is 9.37 Å². The molecule has 1 N–H and O–H groups in total. The van der Waals surface area contributed by atoms with E-state index in [1.807, 2.05) is 32.2 Å². The molecule has 1 heterocycles. The molecule has 1 atom stereocenters. The van der Waals surface area contributed by atoms with Gasteiger partial charge in [-0.25, -0.2) is 4.63 Å². The van der Waals surface area contributed by atoms with Gasteiger partial charge in [-0.15, -0.1) is 0 Å². The van der Waals surface area contributed by atoms with Crippen LogP contribution in [0.1, 0.15) is 36.3 Å². The Morgan fingerprint density at radius 2 is 2.11 bits per heavy atom. The van der Waals surface area contributed by atoms with Crippen LogP contribution in [0, 0.1) is 6.92 Å². The zero-order chi connectivity index (χ0) is 13.7. The Labute approximate surface area is 112 Å². The fraction of sp³-hybridized carbons (Fsp3) is 0.429. The topological polar surface area (TPSA) is 60.2 Å². The number of aromatic nitrogens is 2. The zero-order valence-corrected chi connectivity index (χ0v) is 11.5. The van der Waals surface area contributed by atoms with Gasteiger partial charge in [0.05, 0.1) is 0 Å². The molecule has 0 spiro atoms. The van der Waals surface area contributed by atoms with Crippen molar-refractivity contribution in [2.45, 2.75) is 32.9 Å². The molecule has 5 heteroatoms. The van der Waals surface area contributed by atoms with E-state index >= 15 is 0 Å². The van der Waals surface area contributed by atoms with Crippen LogP contribution >= 0.6 is 0 Å². The van der Waals surface area contributed by atoms with E-state index < -0.39 is 0 Å². The lowest BCUT2D eigenvalue weighted by molar-refractivity contribution is 0.267. The Bertz CT molecular complexity index is 521. The number of benzene rings is 1. The van der Waals surface area contributed by atoms with Gasteiger partial charge in [0.25, 0.3) is 0 Å². The smallest absolute Gasteiger partial charge is 0.145 e. The molecule has 1 aromatic heterocycles. The molecule has 2 aromatic rings. The summed E-state index contributed by atoms with van der Waals surface area (Å²) in [6.07, 6.45) is 1.00. The standard InChI is InChI=1S/C14H19N3O2/c1-4-12(15-3)11-7-5-6-8-14(11)18-9-13-10(2)16-19-17-13/h5-8,12,15H,4,9H2,1-3H3. The lowest BCUT2D eigenvalue weighted by Gasteiger charge is -2.18. The van der Waals surface area contributed by atoms with Crippen molar-refractivity contribution in [3.8, 4) is 5.75 Å². The van der Waals surface area contributed by atoms with Gasteiger partial charge in [-0.3, -0.25) is 0 Å². The average molecular weight is 261 g/mol. The first-order valence-electron chi connectivity index (χ1n) is 6.43. The molecule has 1 aromatic carbocycles. The zero-order valence-electron chi connectivity index (χ0n) is 11.5. The molecule has 0 bridgehead atoms. The molecule has 2 rings (SSSR count). The third kappa shape index (κ3) is 3.12. The number of para-hydroxylation sites is 1. The van der Waals surface area contributed by atoms with Gasteiger partial charge in [0, 0.05) is 11.6 Å². The second kappa shape index (κ2) is 6.33. The second-order valence-electron chi connectivity index (χ2n) is 4.37. The van der Waals surface area contributed by atoms with Crippen LogP contribution in [0.3, 0.4) is 0 Å². The van der Waals surface area contributed by atoms with E-state index in [0.29, 0.717) is 6.61 Å². The van der Waals surface area contributed by atoms with Gasteiger partial charge in [0.2, 0.25) is 0 Å². The monoisotopic (exact) mass is 261 g/mol. The largest absolute Gasteiger partial charge is 0.487 e. The molecule has 0 aliphatic heterocycles. The van der Waals surface area contributed by atoms with Crippen molar-refractivity contribution in [1.82, 2.24) is 15.6 Å². The van der Waals surface area contributed by atoms with Crippen LogP contribution in [0.15, 0.2) is 28.9 Å². The predicted molar refractivity (Wildman–Crippen MR) is 71.9 cm³/mol. The van der Waals surface area contributed by atoms with Gasteiger partial charge in [-0.1, -0.05) is 35.4 Å². The molecule has 0 fully saturated rings. The first-order valence-corrected chi connectivity index (χ1v) is 6.43. The van der Waals surface area contributed by atoms with Gasteiger partial charge in [0.15, 0.2) is 0 Å². The predicted octanol–water partition coefficient (Wildman–Crippen LogP) is 2.63. The third-order valence-electron chi connectivity index (χ3n) is 3.16. The summed E-state index contributed by atoms with van der Waals surface area (Å²) in [6.45, 7) is 4.36. The quantitative estimate of drug-likeness (QED) is 0.866. The summed E-state index contributed by atoms with van der Waals surface area (Å²) >= 11 is 0. The molecule has 5 nitrogen and oxygen atoms in total. The maximum Gasteiger partial charge on any atom is 0.145 e. The molecule has 1 unspecified atom stereocenters. The van der Waals surface area contributed by atoms with Crippen molar-refractivity contribution in [3.63, 3.8) is 0 Å². The number of hydrogen-bond acceptors (Lipinski definition) is 5. The molecule has 102 valence electrons. The maximum atomic E-state index is 5.84. The Morgan fingerprint density at radius 1 is 1.32 bits per heavy atom. The third-order valence-corrected chi connectivity index (χ3v) is 3.16. The fourth-order valence-electron chi connectivity index (χ4n) is 2.01. The van der Waals surface area contributed by atoms with Crippen molar-refractivity contribution in [1.29, 1.82) is 0 Å². The van der Waals surface area contributed by atoms with E-state index in [2.05, 4.69) is 33.2 Å². The van der Waals surface area contributed by atoms with Crippen molar-refractivity contribution in [3.05, 3.63) is 41.2 Å². The summed E-state index contributed by atoms with van der Waals surface area (Å²) in [4.78, 5) is 0. The van der Waals surface area contributed by atoms with Crippen LogP contribution < -0.4 is 10.1 Å². The number of nitrogens with zero attached hydrogens (tertiary/aromatic N) is 2. The number of ether oxygens (including phenoxy) is 1. The number of nitrogens with one attached hydrogen (secondary N) is 1. The Hall–Kier alpha value is -1.88. The van der Waals surface area contributed by atoms with Crippen LogP contribution in [0.25, 0.3) is 0 Å². The van der Waals surface area contributed by atoms with E-state index in [1.165, 1.54) is 0 Å². The Morgan fingerprint density at radius 3 is 2.74 bits per heavy atom. The van der Waals surface area contributed by atoms with E-state index in [1.54, 1.807) is 0 Å². The van der Waals surface area contributed by atoms with Crippen LogP contribution in [-0.4, -0.2) is 17.4 Å². The molecule has 0 saturated heterocycles. The van der Waals surface area contributed by atoms with Crippen LogP contribution in [0.4, 0.5) is 0 Å². The number of aryl methyl sites for hydroxylation is 1. The van der Waals surface area contributed by atoms with Crippen LogP contribution in [-0.2, 0) is 6.61 Å². The minimum Gasteiger partial charge on any atom is -0.487 e. The molecule has 19 heavy (non-hydrogen) atoms. The number of hydrogen-bond donors (Lipinski definition) is 1. The lowest BCUT2D eigenvalue weighted by atomic mass is 10.0.